The van der Waals surface area contributed by atoms with Gasteiger partial charge >= 0.3 is 0 Å². The molecule has 1 aliphatic heterocycles. The summed E-state index contributed by atoms with van der Waals surface area (Å²) in [4.78, 5) is 27.7. The number of aliphatic hydroxyl groups excluding tert-OH is 1. The zero-order chi connectivity index (χ0) is 23.7. The van der Waals surface area contributed by atoms with Crippen LogP contribution in [-0.2, 0) is 28.9 Å². The largest absolute Gasteiger partial charge is 0.507 e. The van der Waals surface area contributed by atoms with Gasteiger partial charge in [-0.3, -0.25) is 9.59 Å². The van der Waals surface area contributed by atoms with Gasteiger partial charge in [0.1, 0.15) is 23.3 Å². The Morgan fingerprint density at radius 1 is 1.06 bits per heavy atom. The van der Waals surface area contributed by atoms with Gasteiger partial charge in [-0.15, -0.1) is 0 Å². The Bertz CT molecular complexity index is 1240. The topological polar surface area (TPSA) is 80.0 Å². The Hall–Kier alpha value is -3.80. The number of likely N-dealkylation sites (tertiary alicyclic amines) is 1. The van der Waals surface area contributed by atoms with Gasteiger partial charge in [0.05, 0.1) is 18.9 Å². The van der Waals surface area contributed by atoms with E-state index in [2.05, 4.69) is 0 Å². The standard InChI is InChI=1S/C28H27NO5/c1-33-22-12-8-18(9-13-22)14-15-29-25(23-7-4-16-34-23)24(27(31)28(29)32)26(30)21-11-10-19-5-2-3-6-20(19)17-21/h4,7-13,16-17,25,30H,2-3,5-6,14-15H2,1H3/b26-24-. The molecule has 174 valence electrons. The van der Waals surface area contributed by atoms with Crippen molar-refractivity contribution in [2.75, 3.05) is 13.7 Å². The van der Waals surface area contributed by atoms with E-state index in [9.17, 15) is 14.7 Å². The molecule has 2 aliphatic rings. The molecule has 0 radical (unpaired) electrons. The Morgan fingerprint density at radius 2 is 1.82 bits per heavy atom. The van der Waals surface area contributed by atoms with Crippen molar-refractivity contribution in [3.63, 3.8) is 0 Å². The second-order valence-corrected chi connectivity index (χ2v) is 8.80. The summed E-state index contributed by atoms with van der Waals surface area (Å²) in [6, 6.07) is 16.1. The number of nitrogens with zero attached hydrogens (tertiary/aromatic N) is 1. The lowest BCUT2D eigenvalue weighted by molar-refractivity contribution is -0.140. The summed E-state index contributed by atoms with van der Waals surface area (Å²) in [5, 5.41) is 11.3. The van der Waals surface area contributed by atoms with Crippen LogP contribution in [0.1, 0.15) is 46.9 Å². The summed E-state index contributed by atoms with van der Waals surface area (Å²) < 4.78 is 10.8. The number of benzene rings is 2. The minimum atomic E-state index is -0.774. The highest BCUT2D eigenvalue weighted by atomic mass is 16.5. The van der Waals surface area contributed by atoms with Crippen molar-refractivity contribution < 1.29 is 23.8 Å². The zero-order valence-electron chi connectivity index (χ0n) is 19.1. The van der Waals surface area contributed by atoms with E-state index in [4.69, 9.17) is 9.15 Å². The van der Waals surface area contributed by atoms with Crippen LogP contribution in [0.15, 0.2) is 70.9 Å². The highest BCUT2D eigenvalue weighted by Gasteiger charge is 2.47. The number of hydrogen-bond acceptors (Lipinski definition) is 5. The molecule has 1 saturated heterocycles. The molecule has 0 spiro atoms. The number of hydrogen-bond donors (Lipinski definition) is 1. The van der Waals surface area contributed by atoms with Crippen LogP contribution in [0.25, 0.3) is 5.76 Å². The second kappa shape index (κ2) is 9.21. The van der Waals surface area contributed by atoms with Gasteiger partial charge in [-0.05, 0) is 79.1 Å². The average molecular weight is 458 g/mol. The number of aliphatic hydroxyl groups is 1. The van der Waals surface area contributed by atoms with E-state index >= 15 is 0 Å². The smallest absolute Gasteiger partial charge is 0.295 e. The quantitative estimate of drug-likeness (QED) is 0.326. The predicted octanol–water partition coefficient (Wildman–Crippen LogP) is 4.83. The van der Waals surface area contributed by atoms with Crippen LogP contribution in [0.4, 0.5) is 0 Å². The SMILES string of the molecule is COc1ccc(CCN2C(=O)C(=O)/C(=C(\O)c3ccc4c(c3)CCCC4)C2c2ccco2)cc1. The Balaban J connectivity index is 1.50. The van der Waals surface area contributed by atoms with Crippen LogP contribution in [0, 0.1) is 0 Å². The lowest BCUT2D eigenvalue weighted by Gasteiger charge is -2.23. The van der Waals surface area contributed by atoms with Gasteiger partial charge < -0.3 is 19.2 Å². The van der Waals surface area contributed by atoms with Crippen LogP contribution in [0.3, 0.4) is 0 Å². The van der Waals surface area contributed by atoms with E-state index in [1.165, 1.54) is 22.3 Å². The first kappa shape index (κ1) is 22.0. The maximum Gasteiger partial charge on any atom is 0.295 e. The van der Waals surface area contributed by atoms with Crippen molar-refractivity contribution in [3.05, 3.63) is 94.4 Å². The minimum absolute atomic E-state index is 0.0745. The molecule has 1 fully saturated rings. The number of Topliss-reactive ketones (excluding diaryl/α,β-unsaturated/α-hetero) is 1. The number of methoxy groups -OCH3 is 1. The van der Waals surface area contributed by atoms with Crippen molar-refractivity contribution in [2.45, 2.75) is 38.1 Å². The maximum atomic E-state index is 13.2. The number of carbonyl (C=O) groups excluding carboxylic acids is 2. The number of ether oxygens (including phenoxy) is 1. The number of aryl methyl sites for hydroxylation is 2. The lowest BCUT2D eigenvalue weighted by Crippen LogP contribution is -2.31. The van der Waals surface area contributed by atoms with Crippen LogP contribution < -0.4 is 4.74 Å². The molecule has 1 N–H and O–H groups in total. The van der Waals surface area contributed by atoms with Crippen LogP contribution in [-0.4, -0.2) is 35.4 Å². The van der Waals surface area contributed by atoms with Gasteiger partial charge in [0.25, 0.3) is 11.7 Å². The third kappa shape index (κ3) is 4.00. The van der Waals surface area contributed by atoms with E-state index in [-0.39, 0.29) is 11.3 Å². The molecular weight excluding hydrogens is 430 g/mol. The normalized spacial score (nSPS) is 19.3. The summed E-state index contributed by atoms with van der Waals surface area (Å²) in [5.41, 5.74) is 4.12. The molecule has 1 unspecified atom stereocenters. The first-order chi connectivity index (χ1) is 16.6. The third-order valence-corrected chi connectivity index (χ3v) is 6.78. The summed E-state index contributed by atoms with van der Waals surface area (Å²) >= 11 is 0. The van der Waals surface area contributed by atoms with Gasteiger partial charge in [-0.2, -0.15) is 0 Å². The lowest BCUT2D eigenvalue weighted by atomic mass is 9.89. The van der Waals surface area contributed by atoms with E-state index in [0.29, 0.717) is 24.3 Å². The number of amides is 1. The van der Waals surface area contributed by atoms with E-state index in [1.807, 2.05) is 42.5 Å². The predicted molar refractivity (Wildman–Crippen MR) is 127 cm³/mol. The van der Waals surface area contributed by atoms with Gasteiger partial charge in [-0.1, -0.05) is 24.3 Å². The summed E-state index contributed by atoms with van der Waals surface area (Å²) in [6.45, 7) is 0.309. The number of fused-ring (bicyclic) bond motifs is 1. The highest BCUT2D eigenvalue weighted by molar-refractivity contribution is 6.46. The van der Waals surface area contributed by atoms with Gasteiger partial charge in [0.15, 0.2) is 0 Å². The third-order valence-electron chi connectivity index (χ3n) is 6.78. The fourth-order valence-corrected chi connectivity index (χ4v) is 4.93. The molecule has 0 bridgehead atoms. The monoisotopic (exact) mass is 457 g/mol. The molecule has 2 heterocycles. The fraction of sp³-hybridized carbons (Fsp3) is 0.286. The Kier molecular flexibility index (Phi) is 5.97. The molecule has 2 aromatic carbocycles. The molecule has 6 nitrogen and oxygen atoms in total. The van der Waals surface area contributed by atoms with Gasteiger partial charge in [-0.25, -0.2) is 0 Å². The van der Waals surface area contributed by atoms with Crippen molar-refractivity contribution in [1.82, 2.24) is 4.90 Å². The summed E-state index contributed by atoms with van der Waals surface area (Å²) in [6.07, 6.45) is 6.31. The van der Waals surface area contributed by atoms with Crippen LogP contribution in [0.2, 0.25) is 0 Å². The number of rotatable bonds is 6. The molecule has 1 aromatic heterocycles. The number of furan rings is 1. The summed E-state index contributed by atoms with van der Waals surface area (Å²) in [5.74, 6) is -0.265. The number of ketones is 1. The zero-order valence-corrected chi connectivity index (χ0v) is 19.1. The first-order valence-electron chi connectivity index (χ1n) is 11.6. The average Bonchev–Trinajstić information content (AvgIpc) is 3.49. The van der Waals surface area contributed by atoms with E-state index in [1.54, 1.807) is 19.2 Å². The minimum Gasteiger partial charge on any atom is -0.507 e. The Labute approximate surface area is 198 Å². The molecule has 1 atom stereocenters. The maximum absolute atomic E-state index is 13.2. The van der Waals surface area contributed by atoms with Crippen molar-refractivity contribution in [2.24, 2.45) is 0 Å². The second-order valence-electron chi connectivity index (χ2n) is 8.80. The number of carbonyl (C=O) groups is 2. The van der Waals surface area contributed by atoms with Crippen LogP contribution in [0.5, 0.6) is 5.75 Å². The van der Waals surface area contributed by atoms with E-state index in [0.717, 1.165) is 37.0 Å². The summed E-state index contributed by atoms with van der Waals surface area (Å²) in [7, 11) is 1.61. The van der Waals surface area contributed by atoms with Crippen molar-refractivity contribution in [3.8, 4) is 5.75 Å². The van der Waals surface area contributed by atoms with E-state index < -0.39 is 17.7 Å². The van der Waals surface area contributed by atoms with Gasteiger partial charge in [0.2, 0.25) is 0 Å². The fourth-order valence-electron chi connectivity index (χ4n) is 4.93. The molecule has 3 aromatic rings. The van der Waals surface area contributed by atoms with Gasteiger partial charge in [0, 0.05) is 12.1 Å². The molecule has 1 amide bonds. The molecule has 0 saturated carbocycles. The Morgan fingerprint density at radius 3 is 2.53 bits per heavy atom. The van der Waals surface area contributed by atoms with Crippen molar-refractivity contribution >= 4 is 17.4 Å². The first-order valence-corrected chi connectivity index (χ1v) is 11.6. The molecular formula is C28H27NO5. The van der Waals surface area contributed by atoms with Crippen molar-refractivity contribution in [1.29, 1.82) is 0 Å². The van der Waals surface area contributed by atoms with Crippen LogP contribution >= 0.6 is 0 Å². The molecule has 6 heteroatoms. The molecule has 1 aliphatic carbocycles. The molecule has 5 rings (SSSR count). The molecule has 34 heavy (non-hydrogen) atoms. The highest BCUT2D eigenvalue weighted by Crippen LogP contribution is 2.40.